The van der Waals surface area contributed by atoms with Crippen molar-refractivity contribution in [1.82, 2.24) is 15.2 Å². The number of pyridine rings is 1. The predicted molar refractivity (Wildman–Crippen MR) is 86.0 cm³/mol. The monoisotopic (exact) mass is 310 g/mol. The van der Waals surface area contributed by atoms with Gasteiger partial charge >= 0.3 is 0 Å². The van der Waals surface area contributed by atoms with Crippen LogP contribution in [0.5, 0.6) is 0 Å². The molecule has 0 saturated carbocycles. The molecular formula is C15H23ClN4O. The number of likely N-dealkylation sites (tertiary alicyclic amines) is 1. The highest BCUT2D eigenvalue weighted by molar-refractivity contribution is 6.33. The number of hydrogen-bond donors (Lipinski definition) is 2. The van der Waals surface area contributed by atoms with E-state index in [-0.39, 0.29) is 5.91 Å². The van der Waals surface area contributed by atoms with Crippen LogP contribution in [-0.4, -0.2) is 48.5 Å². The van der Waals surface area contributed by atoms with Crippen molar-refractivity contribution >= 4 is 23.3 Å². The molecule has 1 aliphatic heterocycles. The smallest absolute Gasteiger partial charge is 0.252 e. The first-order valence-corrected chi connectivity index (χ1v) is 7.87. The van der Waals surface area contributed by atoms with Crippen LogP contribution < -0.4 is 10.6 Å². The summed E-state index contributed by atoms with van der Waals surface area (Å²) in [6.07, 6.45) is 4.89. The zero-order valence-electron chi connectivity index (χ0n) is 12.7. The second-order valence-corrected chi connectivity index (χ2v) is 5.88. The van der Waals surface area contributed by atoms with Crippen molar-refractivity contribution in [1.29, 1.82) is 0 Å². The molecule has 2 heterocycles. The second kappa shape index (κ2) is 7.61. The average molecular weight is 311 g/mol. The van der Waals surface area contributed by atoms with Gasteiger partial charge in [-0.2, -0.15) is 0 Å². The van der Waals surface area contributed by atoms with Gasteiger partial charge in [0.05, 0.1) is 10.6 Å². The highest BCUT2D eigenvalue weighted by Crippen LogP contribution is 2.20. The molecule has 0 aromatic carbocycles. The first kappa shape index (κ1) is 16.0. The lowest BCUT2D eigenvalue weighted by Gasteiger charge is -2.19. The van der Waals surface area contributed by atoms with E-state index in [1.807, 2.05) is 0 Å². The van der Waals surface area contributed by atoms with E-state index in [4.69, 9.17) is 11.6 Å². The minimum absolute atomic E-state index is 0.119. The summed E-state index contributed by atoms with van der Waals surface area (Å²) in [4.78, 5) is 18.6. The first-order chi connectivity index (χ1) is 10.1. The van der Waals surface area contributed by atoms with Crippen LogP contribution in [0.2, 0.25) is 5.02 Å². The Morgan fingerprint density at radius 3 is 3.00 bits per heavy atom. The van der Waals surface area contributed by atoms with Crippen LogP contribution >= 0.6 is 11.6 Å². The summed E-state index contributed by atoms with van der Waals surface area (Å²) in [7, 11) is 2.09. The fourth-order valence-electron chi connectivity index (χ4n) is 2.49. The summed E-state index contributed by atoms with van der Waals surface area (Å²) < 4.78 is 0. The van der Waals surface area contributed by atoms with Gasteiger partial charge in [-0.1, -0.05) is 18.5 Å². The largest absolute Gasteiger partial charge is 0.369 e. The van der Waals surface area contributed by atoms with Gasteiger partial charge < -0.3 is 15.5 Å². The number of nitrogens with one attached hydrogen (secondary N) is 2. The lowest BCUT2D eigenvalue weighted by atomic mass is 10.2. The number of aromatic nitrogens is 1. The van der Waals surface area contributed by atoms with Gasteiger partial charge in [-0.3, -0.25) is 4.79 Å². The highest BCUT2D eigenvalue weighted by atomic mass is 35.5. The Kier molecular flexibility index (Phi) is 5.82. The summed E-state index contributed by atoms with van der Waals surface area (Å²) >= 11 is 6.15. The molecule has 0 spiro atoms. The average Bonchev–Trinajstić information content (AvgIpc) is 2.88. The molecule has 0 bridgehead atoms. The molecule has 5 nitrogen and oxygen atoms in total. The predicted octanol–water partition coefficient (Wildman–Crippen LogP) is 2.38. The summed E-state index contributed by atoms with van der Waals surface area (Å²) in [5.74, 6) is 0.511. The van der Waals surface area contributed by atoms with Crippen LogP contribution in [0, 0.1) is 0 Å². The number of hydrogen-bond acceptors (Lipinski definition) is 4. The van der Waals surface area contributed by atoms with Crippen molar-refractivity contribution in [2.24, 2.45) is 0 Å². The molecule has 2 N–H and O–H groups in total. The van der Waals surface area contributed by atoms with Gasteiger partial charge in [-0.25, -0.2) is 4.98 Å². The number of anilines is 1. The minimum Gasteiger partial charge on any atom is -0.369 e. The maximum atomic E-state index is 12.1. The van der Waals surface area contributed by atoms with Crippen molar-refractivity contribution in [2.75, 3.05) is 32.0 Å². The Bertz CT molecular complexity index is 495. The number of carbonyl (C=O) groups excluding carboxylic acids is 1. The van der Waals surface area contributed by atoms with Crippen LogP contribution in [0.1, 0.15) is 36.5 Å². The number of carbonyl (C=O) groups is 1. The Morgan fingerprint density at radius 2 is 2.38 bits per heavy atom. The maximum absolute atomic E-state index is 12.1. The summed E-state index contributed by atoms with van der Waals surface area (Å²) in [6.45, 7) is 4.66. The third-order valence-electron chi connectivity index (χ3n) is 3.82. The van der Waals surface area contributed by atoms with Gasteiger partial charge in [0.2, 0.25) is 0 Å². The van der Waals surface area contributed by atoms with E-state index in [9.17, 15) is 4.79 Å². The molecule has 0 radical (unpaired) electrons. The molecule has 1 aromatic heterocycles. The van der Waals surface area contributed by atoms with E-state index in [1.165, 1.54) is 6.42 Å². The Hall–Kier alpha value is -1.33. The third-order valence-corrected chi connectivity index (χ3v) is 4.10. The van der Waals surface area contributed by atoms with Gasteiger partial charge in [-0.05, 0) is 38.9 Å². The fraction of sp³-hybridized carbons (Fsp3) is 0.600. The Morgan fingerprint density at radius 1 is 1.57 bits per heavy atom. The number of amides is 1. The van der Waals surface area contributed by atoms with Crippen LogP contribution in [-0.2, 0) is 0 Å². The normalized spacial score (nSPS) is 18.7. The van der Waals surface area contributed by atoms with Crippen molar-refractivity contribution in [3.05, 3.63) is 22.8 Å². The number of likely N-dealkylation sites (N-methyl/N-ethyl adjacent to an activating group) is 1. The van der Waals surface area contributed by atoms with Gasteiger partial charge in [0.25, 0.3) is 5.91 Å². The highest BCUT2D eigenvalue weighted by Gasteiger charge is 2.21. The summed E-state index contributed by atoms with van der Waals surface area (Å²) in [5.41, 5.74) is 0.502. The Balaban J connectivity index is 1.91. The van der Waals surface area contributed by atoms with E-state index >= 15 is 0 Å². The van der Waals surface area contributed by atoms with Gasteiger partial charge in [0.1, 0.15) is 5.82 Å². The molecule has 1 atom stereocenters. The lowest BCUT2D eigenvalue weighted by molar-refractivity contribution is 0.0943. The standard InChI is InChI=1S/C15H23ClN4O/c1-3-6-17-14-13(16)8-11(9-18-14)15(21)19-10-12-5-4-7-20(12)2/h8-9,12H,3-7,10H2,1-2H3,(H,17,18)(H,19,21). The second-order valence-electron chi connectivity index (χ2n) is 5.47. The van der Waals surface area contributed by atoms with Gasteiger partial charge in [-0.15, -0.1) is 0 Å². The molecule has 116 valence electrons. The maximum Gasteiger partial charge on any atom is 0.252 e. The van der Waals surface area contributed by atoms with Crippen molar-refractivity contribution in [2.45, 2.75) is 32.2 Å². The molecular weight excluding hydrogens is 288 g/mol. The molecule has 1 fully saturated rings. The van der Waals surface area contributed by atoms with Crippen LogP contribution in [0.4, 0.5) is 5.82 Å². The quantitative estimate of drug-likeness (QED) is 0.847. The molecule has 1 saturated heterocycles. The molecule has 2 rings (SSSR count). The lowest BCUT2D eigenvalue weighted by Crippen LogP contribution is -2.38. The molecule has 1 unspecified atom stereocenters. The number of rotatable bonds is 6. The fourth-order valence-corrected chi connectivity index (χ4v) is 2.72. The summed E-state index contributed by atoms with van der Waals surface area (Å²) in [6, 6.07) is 2.10. The zero-order valence-corrected chi connectivity index (χ0v) is 13.4. The van der Waals surface area contributed by atoms with Crippen molar-refractivity contribution < 1.29 is 4.79 Å². The van der Waals surface area contributed by atoms with Crippen molar-refractivity contribution in [3.8, 4) is 0 Å². The third kappa shape index (κ3) is 4.32. The topological polar surface area (TPSA) is 57.3 Å². The SMILES string of the molecule is CCCNc1ncc(C(=O)NCC2CCCN2C)cc1Cl. The number of halogens is 1. The molecule has 1 aromatic rings. The molecule has 21 heavy (non-hydrogen) atoms. The summed E-state index contributed by atoms with van der Waals surface area (Å²) in [5, 5.41) is 6.57. The van der Waals surface area contributed by atoms with Gasteiger partial charge in [0, 0.05) is 25.3 Å². The van der Waals surface area contributed by atoms with E-state index in [0.29, 0.717) is 29.0 Å². The van der Waals surface area contributed by atoms with Gasteiger partial charge in [0.15, 0.2) is 0 Å². The molecule has 0 aliphatic carbocycles. The molecule has 1 amide bonds. The Labute approximate surface area is 131 Å². The van der Waals surface area contributed by atoms with Crippen LogP contribution in [0.25, 0.3) is 0 Å². The van der Waals surface area contributed by atoms with Crippen LogP contribution in [0.15, 0.2) is 12.3 Å². The van der Waals surface area contributed by atoms with E-state index < -0.39 is 0 Å². The molecule has 1 aliphatic rings. The number of nitrogens with zero attached hydrogens (tertiary/aromatic N) is 2. The van der Waals surface area contributed by atoms with E-state index in [2.05, 4.69) is 34.5 Å². The van der Waals surface area contributed by atoms with Crippen LogP contribution in [0.3, 0.4) is 0 Å². The van der Waals surface area contributed by atoms with E-state index in [0.717, 1.165) is 25.9 Å². The first-order valence-electron chi connectivity index (χ1n) is 7.49. The molecule has 6 heteroatoms. The zero-order chi connectivity index (χ0) is 15.2. The minimum atomic E-state index is -0.119. The van der Waals surface area contributed by atoms with E-state index in [1.54, 1.807) is 12.3 Å². The van der Waals surface area contributed by atoms with Crippen molar-refractivity contribution in [3.63, 3.8) is 0 Å².